The monoisotopic (exact) mass is 281 g/mol. The fourth-order valence-corrected chi connectivity index (χ4v) is 2.67. The van der Waals surface area contributed by atoms with Crippen molar-refractivity contribution in [3.63, 3.8) is 0 Å². The lowest BCUT2D eigenvalue weighted by molar-refractivity contribution is -0.149. The van der Waals surface area contributed by atoms with Crippen LogP contribution in [0.2, 0.25) is 0 Å². The van der Waals surface area contributed by atoms with Crippen molar-refractivity contribution in [1.82, 2.24) is 5.32 Å². The van der Waals surface area contributed by atoms with Crippen LogP contribution in [-0.2, 0) is 16.1 Å². The van der Waals surface area contributed by atoms with E-state index in [1.807, 2.05) is 13.8 Å². The van der Waals surface area contributed by atoms with Gasteiger partial charge in [0.05, 0.1) is 12.5 Å². The molecule has 3 nitrogen and oxygen atoms in total. The van der Waals surface area contributed by atoms with Gasteiger partial charge in [-0.05, 0) is 38.1 Å². The van der Waals surface area contributed by atoms with Crippen LogP contribution in [0.5, 0.6) is 0 Å². The Hall–Kier alpha value is -1.00. The van der Waals surface area contributed by atoms with Gasteiger partial charge in [0.25, 0.3) is 0 Å². The van der Waals surface area contributed by atoms with E-state index in [2.05, 4.69) is 36.5 Å². The van der Waals surface area contributed by atoms with Crippen molar-refractivity contribution < 1.29 is 9.53 Å². The van der Waals surface area contributed by atoms with Gasteiger partial charge >= 0.3 is 5.97 Å². The van der Waals surface area contributed by atoms with Crippen LogP contribution in [0.4, 0.5) is 0 Å². The Bertz CT molecular complexity index is 418. The Labute approximate surface area is 120 Å². The number of rotatable bonds is 7. The number of carbonyl (C=O) groups excluding carboxylic acids is 1. The number of esters is 1. The fraction of sp³-hybridized carbons (Fsp3) is 0.533. The van der Waals surface area contributed by atoms with Gasteiger partial charge in [0.15, 0.2) is 0 Å². The quantitative estimate of drug-likeness (QED) is 0.616. The van der Waals surface area contributed by atoms with Gasteiger partial charge in [0.2, 0.25) is 0 Å². The number of ether oxygens (including phenoxy) is 1. The van der Waals surface area contributed by atoms with E-state index in [0.717, 1.165) is 13.1 Å². The maximum absolute atomic E-state index is 11.6. The molecule has 0 spiro atoms. The van der Waals surface area contributed by atoms with Gasteiger partial charge in [-0.2, -0.15) is 0 Å². The molecule has 0 radical (unpaired) electrons. The summed E-state index contributed by atoms with van der Waals surface area (Å²) in [6, 6.07) is 8.41. The average molecular weight is 281 g/mol. The van der Waals surface area contributed by atoms with E-state index in [0.29, 0.717) is 5.75 Å². The van der Waals surface area contributed by atoms with Crippen LogP contribution in [0.1, 0.15) is 26.3 Å². The molecule has 0 heterocycles. The summed E-state index contributed by atoms with van der Waals surface area (Å²) in [6.07, 6.45) is 0. The van der Waals surface area contributed by atoms with Crippen LogP contribution in [0.15, 0.2) is 29.2 Å². The summed E-state index contributed by atoms with van der Waals surface area (Å²) >= 11 is 1.69. The molecule has 0 bridgehead atoms. The zero-order valence-corrected chi connectivity index (χ0v) is 13.0. The number of nitrogens with one attached hydrogen (secondary N) is 1. The van der Waals surface area contributed by atoms with E-state index in [1.54, 1.807) is 11.8 Å². The number of carbonyl (C=O) groups is 1. The first-order chi connectivity index (χ1) is 8.99. The third kappa shape index (κ3) is 5.25. The molecule has 1 aromatic rings. The van der Waals surface area contributed by atoms with Gasteiger partial charge in [0, 0.05) is 17.2 Å². The normalized spacial score (nSPS) is 11.4. The lowest BCUT2D eigenvalue weighted by atomic mass is 9.97. The van der Waals surface area contributed by atoms with Gasteiger partial charge in [-0.1, -0.05) is 19.1 Å². The molecule has 4 heteroatoms. The van der Waals surface area contributed by atoms with Gasteiger partial charge < -0.3 is 10.1 Å². The molecule has 0 saturated heterocycles. The minimum Gasteiger partial charge on any atom is -0.469 e. The van der Waals surface area contributed by atoms with Crippen LogP contribution in [-0.4, -0.2) is 25.4 Å². The van der Waals surface area contributed by atoms with E-state index < -0.39 is 5.41 Å². The average Bonchev–Trinajstić information content (AvgIpc) is 2.42. The number of benzene rings is 1. The Morgan fingerprint density at radius 2 is 2.16 bits per heavy atom. The summed E-state index contributed by atoms with van der Waals surface area (Å²) < 4.78 is 4.82. The van der Waals surface area contributed by atoms with Crippen LogP contribution in [0.3, 0.4) is 0 Å². The van der Waals surface area contributed by atoms with Crippen molar-refractivity contribution in [3.8, 4) is 0 Å². The highest BCUT2D eigenvalue weighted by Gasteiger charge is 2.28. The van der Waals surface area contributed by atoms with Crippen LogP contribution in [0.25, 0.3) is 0 Å². The Balaban J connectivity index is 2.60. The van der Waals surface area contributed by atoms with Crippen molar-refractivity contribution in [2.24, 2.45) is 5.41 Å². The summed E-state index contributed by atoms with van der Waals surface area (Å²) in [5.74, 6) is 0.549. The van der Waals surface area contributed by atoms with Crippen molar-refractivity contribution in [2.75, 3.05) is 19.4 Å². The van der Waals surface area contributed by atoms with Crippen LogP contribution in [0, 0.1) is 5.41 Å². The largest absolute Gasteiger partial charge is 0.469 e. The zero-order chi connectivity index (χ0) is 14.3. The molecular formula is C15H23NO2S. The molecule has 1 rings (SSSR count). The number of hydrogen-bond donors (Lipinski definition) is 1. The molecule has 0 fully saturated rings. The zero-order valence-electron chi connectivity index (χ0n) is 12.2. The summed E-state index contributed by atoms with van der Waals surface area (Å²) in [6.45, 7) is 7.76. The van der Waals surface area contributed by atoms with Crippen molar-refractivity contribution >= 4 is 17.7 Å². The highest BCUT2D eigenvalue weighted by Crippen LogP contribution is 2.29. The van der Waals surface area contributed by atoms with E-state index in [9.17, 15) is 4.79 Å². The second-order valence-corrected chi connectivity index (χ2v) is 6.14. The molecule has 0 aliphatic carbocycles. The molecule has 0 saturated carbocycles. The molecule has 0 aliphatic heterocycles. The smallest absolute Gasteiger partial charge is 0.312 e. The molecule has 106 valence electrons. The standard InChI is InChI=1S/C15H23NO2S/c1-5-16-10-12-7-6-8-13(9-12)19-11-15(2,3)14(17)18-4/h6-9,16H,5,10-11H2,1-4H3. The Kier molecular flexibility index (Phi) is 6.38. The molecule has 19 heavy (non-hydrogen) atoms. The molecule has 0 aliphatic rings. The highest BCUT2D eigenvalue weighted by molar-refractivity contribution is 7.99. The highest BCUT2D eigenvalue weighted by atomic mass is 32.2. The number of methoxy groups -OCH3 is 1. The lowest BCUT2D eigenvalue weighted by Crippen LogP contribution is -2.28. The van der Waals surface area contributed by atoms with E-state index in [1.165, 1.54) is 17.6 Å². The molecule has 0 atom stereocenters. The van der Waals surface area contributed by atoms with Gasteiger partial charge in [-0.15, -0.1) is 11.8 Å². The van der Waals surface area contributed by atoms with E-state index >= 15 is 0 Å². The third-order valence-corrected chi connectivity index (χ3v) is 4.27. The van der Waals surface area contributed by atoms with E-state index in [4.69, 9.17) is 4.74 Å². The van der Waals surface area contributed by atoms with Crippen LogP contribution >= 0.6 is 11.8 Å². The summed E-state index contributed by atoms with van der Waals surface area (Å²) in [7, 11) is 1.44. The second-order valence-electron chi connectivity index (χ2n) is 5.09. The first-order valence-electron chi connectivity index (χ1n) is 6.50. The Morgan fingerprint density at radius 3 is 2.79 bits per heavy atom. The van der Waals surface area contributed by atoms with Crippen molar-refractivity contribution in [2.45, 2.75) is 32.2 Å². The molecule has 0 amide bonds. The molecule has 1 N–H and O–H groups in total. The summed E-state index contributed by atoms with van der Waals surface area (Å²) in [4.78, 5) is 12.8. The van der Waals surface area contributed by atoms with E-state index in [-0.39, 0.29) is 5.97 Å². The van der Waals surface area contributed by atoms with Gasteiger partial charge in [0.1, 0.15) is 0 Å². The maximum atomic E-state index is 11.6. The first kappa shape index (κ1) is 16.1. The van der Waals surface area contributed by atoms with Crippen molar-refractivity contribution in [3.05, 3.63) is 29.8 Å². The predicted molar refractivity (Wildman–Crippen MR) is 80.3 cm³/mol. The van der Waals surface area contributed by atoms with Crippen LogP contribution < -0.4 is 5.32 Å². The minimum atomic E-state index is -0.461. The molecule has 0 unspecified atom stereocenters. The van der Waals surface area contributed by atoms with Gasteiger partial charge in [-0.3, -0.25) is 4.79 Å². The predicted octanol–water partition coefficient (Wildman–Crippen LogP) is 3.09. The molecule has 1 aromatic carbocycles. The Morgan fingerprint density at radius 1 is 1.42 bits per heavy atom. The molecular weight excluding hydrogens is 258 g/mol. The second kappa shape index (κ2) is 7.56. The number of hydrogen-bond acceptors (Lipinski definition) is 4. The SMILES string of the molecule is CCNCc1cccc(SCC(C)(C)C(=O)OC)c1. The summed E-state index contributed by atoms with van der Waals surface area (Å²) in [5, 5.41) is 3.31. The fourth-order valence-electron chi connectivity index (χ4n) is 1.61. The third-order valence-electron chi connectivity index (χ3n) is 2.82. The molecule has 0 aromatic heterocycles. The lowest BCUT2D eigenvalue weighted by Gasteiger charge is -2.20. The topological polar surface area (TPSA) is 38.3 Å². The van der Waals surface area contributed by atoms with Crippen molar-refractivity contribution in [1.29, 1.82) is 0 Å². The number of thioether (sulfide) groups is 1. The first-order valence-corrected chi connectivity index (χ1v) is 7.49. The maximum Gasteiger partial charge on any atom is 0.312 e. The summed E-state index contributed by atoms with van der Waals surface area (Å²) in [5.41, 5.74) is 0.805. The minimum absolute atomic E-state index is 0.163. The van der Waals surface area contributed by atoms with Gasteiger partial charge in [-0.25, -0.2) is 0 Å².